The third-order valence-electron chi connectivity index (χ3n) is 2.44. The Balaban J connectivity index is 2.63. The lowest BCUT2D eigenvalue weighted by Crippen LogP contribution is -2.32. The third kappa shape index (κ3) is 1.49. The van der Waals surface area contributed by atoms with Crippen LogP contribution >= 0.6 is 0 Å². The maximum Gasteiger partial charge on any atom is 0.352 e. The molecule has 2 aromatic rings. The molecule has 0 saturated heterocycles. The molecule has 2 rings (SSSR count). The summed E-state index contributed by atoms with van der Waals surface area (Å²) in [5.41, 5.74) is 0.203. The molecule has 8 nitrogen and oxygen atoms in total. The van der Waals surface area contributed by atoms with Gasteiger partial charge >= 0.3 is 5.95 Å². The van der Waals surface area contributed by atoms with Gasteiger partial charge in [0.15, 0.2) is 5.82 Å². The van der Waals surface area contributed by atoms with E-state index in [1.54, 1.807) is 6.92 Å². The van der Waals surface area contributed by atoms with Gasteiger partial charge in [-0.05, 0) is 13.8 Å². The van der Waals surface area contributed by atoms with Gasteiger partial charge in [-0.2, -0.15) is 0 Å². The highest BCUT2D eigenvalue weighted by Gasteiger charge is 2.25. The van der Waals surface area contributed by atoms with E-state index in [0.717, 1.165) is 9.46 Å². The molecule has 0 bridgehead atoms. The first-order valence-corrected chi connectivity index (χ1v) is 5.37. The molecule has 0 aromatic carbocycles. The van der Waals surface area contributed by atoms with Crippen LogP contribution in [0.1, 0.15) is 13.8 Å². The van der Waals surface area contributed by atoms with E-state index >= 15 is 0 Å². The Morgan fingerprint density at radius 2 is 1.88 bits per heavy atom. The predicted octanol–water partition coefficient (Wildman–Crippen LogP) is 0.414. The summed E-state index contributed by atoms with van der Waals surface area (Å²) in [6.45, 7) is 4.74. The lowest BCUT2D eigenvalue weighted by Gasteiger charge is -2.07. The van der Waals surface area contributed by atoms with Crippen LogP contribution in [0.15, 0.2) is 6.07 Å². The SMILES string of the molecule is CCNc1cc2c(n1O)[n+]([O-])c(NCC)n2O. The molecule has 0 spiro atoms. The highest BCUT2D eigenvalue weighted by atomic mass is 16.5. The molecule has 4 N–H and O–H groups in total. The summed E-state index contributed by atoms with van der Waals surface area (Å²) in [6.07, 6.45) is 0. The molecular formula is C9H15N5O3. The third-order valence-corrected chi connectivity index (χ3v) is 2.44. The van der Waals surface area contributed by atoms with Crippen LogP contribution in [0.4, 0.5) is 11.8 Å². The fraction of sp³-hybridized carbons (Fsp3) is 0.444. The van der Waals surface area contributed by atoms with Gasteiger partial charge in [-0.1, -0.05) is 9.46 Å². The fourth-order valence-electron chi connectivity index (χ4n) is 1.74. The quantitative estimate of drug-likeness (QED) is 0.353. The second-order valence-electron chi connectivity index (χ2n) is 3.54. The number of rotatable bonds is 4. The van der Waals surface area contributed by atoms with E-state index in [0.29, 0.717) is 23.6 Å². The molecule has 0 aliphatic carbocycles. The molecule has 0 aliphatic rings. The highest BCUT2D eigenvalue weighted by Crippen LogP contribution is 2.22. The monoisotopic (exact) mass is 241 g/mol. The van der Waals surface area contributed by atoms with Crippen LogP contribution in [0, 0.1) is 5.21 Å². The number of imidazole rings is 1. The molecule has 0 fully saturated rings. The average Bonchev–Trinajstić information content (AvgIpc) is 2.73. The number of nitrogens with zero attached hydrogens (tertiary/aromatic N) is 3. The van der Waals surface area contributed by atoms with Crippen molar-refractivity contribution in [1.29, 1.82) is 0 Å². The van der Waals surface area contributed by atoms with E-state index in [1.807, 2.05) is 6.92 Å². The fourth-order valence-corrected chi connectivity index (χ4v) is 1.74. The lowest BCUT2D eigenvalue weighted by atomic mass is 10.5. The first-order valence-electron chi connectivity index (χ1n) is 5.37. The van der Waals surface area contributed by atoms with Gasteiger partial charge in [0, 0.05) is 19.2 Å². The lowest BCUT2D eigenvalue weighted by molar-refractivity contribution is -0.568. The standard InChI is InChI=1S/C9H15N5O3/c1-3-10-7-5-6-8(13(7)16)14(17)9(11-4-2)12(6)15/h5,10-11,15-16H,3-4H2,1-2H3. The van der Waals surface area contributed by atoms with Crippen molar-refractivity contribution < 1.29 is 15.1 Å². The van der Waals surface area contributed by atoms with Crippen molar-refractivity contribution in [3.63, 3.8) is 0 Å². The van der Waals surface area contributed by atoms with Crippen molar-refractivity contribution in [3.05, 3.63) is 11.3 Å². The highest BCUT2D eigenvalue weighted by molar-refractivity contribution is 5.77. The zero-order chi connectivity index (χ0) is 12.6. The second kappa shape index (κ2) is 3.96. The van der Waals surface area contributed by atoms with Gasteiger partial charge in [0.05, 0.1) is 0 Å². The number of hydrogen-bond acceptors (Lipinski definition) is 5. The molecule has 0 aliphatic heterocycles. The molecule has 94 valence electrons. The normalized spacial score (nSPS) is 10.9. The van der Waals surface area contributed by atoms with Crippen LogP contribution in [-0.4, -0.2) is 33.0 Å². The smallest absolute Gasteiger partial charge is 0.352 e. The minimum Gasteiger partial charge on any atom is -0.754 e. The molecule has 0 amide bonds. The van der Waals surface area contributed by atoms with Gasteiger partial charge < -0.3 is 20.9 Å². The minimum atomic E-state index is -0.0283. The molecule has 8 heteroatoms. The van der Waals surface area contributed by atoms with Crippen molar-refractivity contribution in [1.82, 2.24) is 9.46 Å². The molecule has 2 heterocycles. The predicted molar refractivity (Wildman–Crippen MR) is 61.6 cm³/mol. The molecule has 0 unspecified atom stereocenters. The van der Waals surface area contributed by atoms with E-state index in [2.05, 4.69) is 10.6 Å². The Morgan fingerprint density at radius 1 is 1.24 bits per heavy atom. The van der Waals surface area contributed by atoms with E-state index in [4.69, 9.17) is 0 Å². The van der Waals surface area contributed by atoms with Crippen molar-refractivity contribution in [2.24, 2.45) is 0 Å². The Labute approximate surface area is 97.2 Å². The first-order chi connectivity index (χ1) is 8.11. The maximum absolute atomic E-state index is 11.8. The van der Waals surface area contributed by atoms with Gasteiger partial charge in [-0.25, -0.2) is 4.73 Å². The largest absolute Gasteiger partial charge is 0.754 e. The summed E-state index contributed by atoms with van der Waals surface area (Å²) in [4.78, 5) is 0. The number of nitrogens with one attached hydrogen (secondary N) is 2. The van der Waals surface area contributed by atoms with Crippen LogP contribution in [0.25, 0.3) is 11.2 Å². The van der Waals surface area contributed by atoms with Crippen LogP contribution in [0.3, 0.4) is 0 Å². The van der Waals surface area contributed by atoms with Crippen LogP contribution in [0.2, 0.25) is 0 Å². The molecule has 0 radical (unpaired) electrons. The number of fused-ring (bicyclic) bond motifs is 1. The Hall–Kier alpha value is -2.25. The van der Waals surface area contributed by atoms with Gasteiger partial charge in [-0.15, -0.1) is 0 Å². The van der Waals surface area contributed by atoms with Crippen molar-refractivity contribution in [3.8, 4) is 0 Å². The zero-order valence-corrected chi connectivity index (χ0v) is 9.64. The first kappa shape index (κ1) is 11.2. The molecule has 0 saturated carbocycles. The second-order valence-corrected chi connectivity index (χ2v) is 3.54. The molecule has 0 atom stereocenters. The van der Waals surface area contributed by atoms with Gasteiger partial charge in [0.1, 0.15) is 0 Å². The van der Waals surface area contributed by atoms with Crippen LogP contribution < -0.4 is 15.4 Å². The summed E-state index contributed by atoms with van der Waals surface area (Å²) in [5, 5.41) is 37.0. The van der Waals surface area contributed by atoms with Crippen LogP contribution in [0.5, 0.6) is 0 Å². The van der Waals surface area contributed by atoms with Crippen LogP contribution in [-0.2, 0) is 0 Å². The van der Waals surface area contributed by atoms with Gasteiger partial charge in [0.25, 0.3) is 5.65 Å². The summed E-state index contributed by atoms with van der Waals surface area (Å²) < 4.78 is 1.89. The minimum absolute atomic E-state index is 0.0247. The van der Waals surface area contributed by atoms with Gasteiger partial charge in [-0.3, -0.25) is 5.32 Å². The molecule has 17 heavy (non-hydrogen) atoms. The topological polar surface area (TPSA) is 101 Å². The average molecular weight is 241 g/mol. The van der Waals surface area contributed by atoms with Gasteiger partial charge in [0.2, 0.25) is 5.52 Å². The summed E-state index contributed by atoms with van der Waals surface area (Å²) in [5.74, 6) is 0.330. The van der Waals surface area contributed by atoms with Crippen molar-refractivity contribution in [2.75, 3.05) is 23.7 Å². The summed E-state index contributed by atoms with van der Waals surface area (Å²) in [7, 11) is 0. The van der Waals surface area contributed by atoms with E-state index in [1.165, 1.54) is 6.07 Å². The summed E-state index contributed by atoms with van der Waals surface area (Å²) in [6, 6.07) is 1.49. The van der Waals surface area contributed by atoms with Crippen molar-refractivity contribution in [2.45, 2.75) is 13.8 Å². The Morgan fingerprint density at radius 3 is 2.41 bits per heavy atom. The van der Waals surface area contributed by atoms with E-state index in [-0.39, 0.29) is 17.1 Å². The zero-order valence-electron chi connectivity index (χ0n) is 9.64. The van der Waals surface area contributed by atoms with Crippen molar-refractivity contribution >= 4 is 22.9 Å². The van der Waals surface area contributed by atoms with E-state index in [9.17, 15) is 15.6 Å². The van der Waals surface area contributed by atoms with E-state index < -0.39 is 0 Å². The Kier molecular flexibility index (Phi) is 2.62. The molecular weight excluding hydrogens is 226 g/mol. The number of hydrogen-bond donors (Lipinski definition) is 4. The Bertz CT molecular complexity index is 545. The number of aromatic nitrogens is 3. The number of anilines is 2. The molecule has 2 aromatic heterocycles. The maximum atomic E-state index is 11.8. The summed E-state index contributed by atoms with van der Waals surface area (Å²) >= 11 is 0.